The minimum Gasteiger partial charge on any atom is -0.0262 e. The van der Waals surface area contributed by atoms with Crippen LogP contribution in [0.3, 0.4) is 0 Å². The van der Waals surface area contributed by atoms with Gasteiger partial charge >= 0.3 is 7.57 Å². The summed E-state index contributed by atoms with van der Waals surface area (Å²) in [6.45, 7) is 10.8. The summed E-state index contributed by atoms with van der Waals surface area (Å²) in [5.74, 6) is 0. The molecule has 0 nitrogen and oxygen atoms in total. The molecule has 0 heterocycles. The Balaban J connectivity index is 4.75. The first-order valence-electron chi connectivity index (χ1n) is 3.87. The zero-order valence-electron chi connectivity index (χ0n) is 8.40. The molecule has 0 aliphatic rings. The Morgan fingerprint density at radius 2 is 1.09 bits per heavy atom. The third kappa shape index (κ3) is 2.36. The second kappa shape index (κ2) is 2.93. The van der Waals surface area contributed by atoms with Gasteiger partial charge in [-0.1, -0.05) is 0 Å². The van der Waals surface area contributed by atoms with Crippen LogP contribution in [0, 0.1) is 0 Å². The van der Waals surface area contributed by atoms with E-state index in [-0.39, 0.29) is 10.3 Å². The molecule has 64 valence electrons. The standard InChI is InChI=1S/C8H18BClP/c1-7(2,3)11(9,10)8(4,5)6/h1-6H3/q+1. The van der Waals surface area contributed by atoms with Gasteiger partial charge in [0, 0.05) is 0 Å². The van der Waals surface area contributed by atoms with Gasteiger partial charge in [-0.3, -0.25) is 0 Å². The van der Waals surface area contributed by atoms with Crippen LogP contribution in [0.1, 0.15) is 41.5 Å². The van der Waals surface area contributed by atoms with Gasteiger partial charge in [-0.15, -0.1) is 0 Å². The molecule has 0 bridgehead atoms. The zero-order chi connectivity index (χ0) is 9.50. The van der Waals surface area contributed by atoms with Crippen molar-refractivity contribution >= 4 is 25.3 Å². The highest BCUT2D eigenvalue weighted by atomic mass is 35.7. The molecule has 2 radical (unpaired) electrons. The molecule has 0 unspecified atom stereocenters. The SMILES string of the molecule is [B][P+](Cl)(C(C)(C)C)C(C)(C)C. The fraction of sp³-hybridized carbons (Fsp3) is 1.00. The van der Waals surface area contributed by atoms with E-state index in [0.717, 1.165) is 0 Å². The maximum atomic E-state index is 6.38. The van der Waals surface area contributed by atoms with E-state index in [9.17, 15) is 0 Å². The normalized spacial score (nSPS) is 15.2. The topological polar surface area (TPSA) is 0 Å². The summed E-state index contributed by atoms with van der Waals surface area (Å²) in [5.41, 5.74) is 0. The molecule has 0 N–H and O–H groups in total. The Kier molecular flexibility index (Phi) is 3.14. The van der Waals surface area contributed by atoms with E-state index in [0.29, 0.717) is 0 Å². The van der Waals surface area contributed by atoms with Crippen molar-refractivity contribution in [2.24, 2.45) is 0 Å². The van der Waals surface area contributed by atoms with Gasteiger partial charge in [0.25, 0.3) is 0 Å². The molecule has 0 aromatic heterocycles. The van der Waals surface area contributed by atoms with E-state index in [4.69, 9.17) is 18.8 Å². The van der Waals surface area contributed by atoms with Crippen LogP contribution in [0.25, 0.3) is 0 Å². The van der Waals surface area contributed by atoms with E-state index < -0.39 is 6.49 Å². The van der Waals surface area contributed by atoms with Crippen molar-refractivity contribution in [3.8, 4) is 0 Å². The Hall–Kier alpha value is 0.785. The fourth-order valence-corrected chi connectivity index (χ4v) is 3.02. The van der Waals surface area contributed by atoms with E-state index >= 15 is 0 Å². The van der Waals surface area contributed by atoms with Gasteiger partial charge < -0.3 is 0 Å². The lowest BCUT2D eigenvalue weighted by Crippen LogP contribution is -2.30. The molecule has 3 heteroatoms. The molecule has 0 aromatic carbocycles. The third-order valence-electron chi connectivity index (χ3n) is 1.95. The first kappa shape index (κ1) is 11.8. The fourth-order valence-electron chi connectivity index (χ4n) is 1.01. The van der Waals surface area contributed by atoms with Crippen LogP contribution in [0.15, 0.2) is 0 Å². The van der Waals surface area contributed by atoms with Crippen LogP contribution in [-0.4, -0.2) is 17.9 Å². The van der Waals surface area contributed by atoms with Crippen molar-refractivity contribution in [2.75, 3.05) is 0 Å². The third-order valence-corrected chi connectivity index (χ3v) is 8.90. The highest BCUT2D eigenvalue weighted by Crippen LogP contribution is 2.77. The van der Waals surface area contributed by atoms with Crippen LogP contribution in [0.5, 0.6) is 0 Å². The van der Waals surface area contributed by atoms with Crippen LogP contribution in [0.2, 0.25) is 0 Å². The van der Waals surface area contributed by atoms with Crippen molar-refractivity contribution in [3.63, 3.8) is 0 Å². The molecule has 0 saturated carbocycles. The Morgan fingerprint density at radius 1 is 0.909 bits per heavy atom. The Morgan fingerprint density at radius 3 is 1.09 bits per heavy atom. The van der Waals surface area contributed by atoms with E-state index in [2.05, 4.69) is 41.5 Å². The summed E-state index contributed by atoms with van der Waals surface area (Å²) in [7, 11) is 6.15. The zero-order valence-corrected chi connectivity index (χ0v) is 10.1. The molecule has 11 heavy (non-hydrogen) atoms. The van der Waals surface area contributed by atoms with Crippen LogP contribution in [-0.2, 0) is 0 Å². The largest absolute Gasteiger partial charge is 0.387 e. The van der Waals surface area contributed by atoms with Crippen LogP contribution >= 0.6 is 17.7 Å². The highest BCUT2D eigenvalue weighted by Gasteiger charge is 2.53. The van der Waals surface area contributed by atoms with Gasteiger partial charge in [-0.25, -0.2) is 0 Å². The Bertz CT molecular complexity index is 125. The summed E-state index contributed by atoms with van der Waals surface area (Å²) in [4.78, 5) is 0. The van der Waals surface area contributed by atoms with Crippen LogP contribution in [0.4, 0.5) is 0 Å². The molecule has 0 amide bonds. The van der Waals surface area contributed by atoms with E-state index in [1.54, 1.807) is 0 Å². The Labute approximate surface area is 77.6 Å². The van der Waals surface area contributed by atoms with Crippen molar-refractivity contribution < 1.29 is 0 Å². The van der Waals surface area contributed by atoms with Gasteiger partial charge in [-0.05, 0) is 41.5 Å². The smallest absolute Gasteiger partial charge is 0.0262 e. The molecular weight excluding hydrogens is 173 g/mol. The molecule has 0 atom stereocenters. The summed E-state index contributed by atoms with van der Waals surface area (Å²) in [6.07, 6.45) is 0. The van der Waals surface area contributed by atoms with Gasteiger partial charge in [0.05, 0.1) is 28.0 Å². The van der Waals surface area contributed by atoms with Gasteiger partial charge in [0.1, 0.15) is 0 Å². The molecule has 0 aromatic rings. The van der Waals surface area contributed by atoms with Gasteiger partial charge in [-0.2, -0.15) is 0 Å². The number of rotatable bonds is 0. The van der Waals surface area contributed by atoms with Crippen LogP contribution < -0.4 is 0 Å². The van der Waals surface area contributed by atoms with E-state index in [1.165, 1.54) is 0 Å². The summed E-state index contributed by atoms with van der Waals surface area (Å²) in [6, 6.07) is 0. The first-order chi connectivity index (χ1) is 4.50. The lowest BCUT2D eigenvalue weighted by atomic mass is 10.2. The van der Waals surface area contributed by atoms with Crippen molar-refractivity contribution in [1.29, 1.82) is 0 Å². The molecular formula is C8H18BClP+. The molecule has 0 aliphatic carbocycles. The minimum atomic E-state index is -1.84. The highest BCUT2D eigenvalue weighted by molar-refractivity contribution is 8.17. The lowest BCUT2D eigenvalue weighted by molar-refractivity contribution is 0.714. The average Bonchev–Trinajstić information content (AvgIpc) is 1.58. The summed E-state index contributed by atoms with van der Waals surface area (Å²) in [5, 5.41) is 0.0691. The quantitative estimate of drug-likeness (QED) is 0.403. The monoisotopic (exact) mass is 191 g/mol. The van der Waals surface area contributed by atoms with Crippen molar-refractivity contribution in [3.05, 3.63) is 0 Å². The molecule has 0 spiro atoms. The number of hydrogen-bond donors (Lipinski definition) is 0. The minimum absolute atomic E-state index is 0.0345. The van der Waals surface area contributed by atoms with Crippen molar-refractivity contribution in [2.45, 2.75) is 51.9 Å². The van der Waals surface area contributed by atoms with Gasteiger partial charge in [0.15, 0.2) is 0 Å². The number of halogens is 1. The predicted molar refractivity (Wildman–Crippen MR) is 58.0 cm³/mol. The summed E-state index contributed by atoms with van der Waals surface area (Å²) < 4.78 is 0. The molecule has 0 saturated heterocycles. The van der Waals surface area contributed by atoms with Gasteiger partial charge in [0.2, 0.25) is 0 Å². The number of hydrogen-bond acceptors (Lipinski definition) is 0. The molecule has 0 fully saturated rings. The average molecular weight is 191 g/mol. The molecule has 0 rings (SSSR count). The predicted octanol–water partition coefficient (Wildman–Crippen LogP) is 3.84. The first-order valence-corrected chi connectivity index (χ1v) is 6.64. The lowest BCUT2D eigenvalue weighted by Gasteiger charge is -2.38. The second-order valence-electron chi connectivity index (χ2n) is 4.98. The maximum absolute atomic E-state index is 6.38. The maximum Gasteiger partial charge on any atom is 0.387 e. The second-order valence-corrected chi connectivity index (χ2v) is 10.5. The molecule has 0 aliphatic heterocycles. The van der Waals surface area contributed by atoms with E-state index in [1.807, 2.05) is 0 Å². The van der Waals surface area contributed by atoms with Crippen molar-refractivity contribution in [1.82, 2.24) is 0 Å². The summed E-state index contributed by atoms with van der Waals surface area (Å²) >= 11 is 6.38.